The highest BCUT2D eigenvalue weighted by Crippen LogP contribution is 2.66. The van der Waals surface area contributed by atoms with E-state index in [0.717, 1.165) is 18.4 Å². The number of hydrogen-bond donors (Lipinski definition) is 4. The average molecular weight is 596 g/mol. The second-order valence-corrected chi connectivity index (χ2v) is 13.3. The number of aromatic hydroxyl groups is 2. The monoisotopic (exact) mass is 595 g/mol. The summed E-state index contributed by atoms with van der Waals surface area (Å²) in [5, 5.41) is 33.4. The molecule has 3 saturated carbocycles. The van der Waals surface area contributed by atoms with Crippen LogP contribution in [0.4, 0.5) is 0 Å². The molecule has 232 valence electrons. The third kappa shape index (κ3) is 5.50. The SMILES string of the molecule is C[C@]12CCC(=O)C=C1CC[C@H]1[C@H]3CC[C@](O)(C(=O)COC(=O)CCC(=O)NCCc4ccc(O)c(O)c4)[C@]3(C)CC(=O)[C@@H]12. The number of fused-ring (bicyclic) bond motifs is 5. The molecule has 3 fully saturated rings. The zero-order valence-corrected chi connectivity index (χ0v) is 24.8. The molecule has 6 atom stereocenters. The van der Waals surface area contributed by atoms with E-state index in [0.29, 0.717) is 31.2 Å². The fourth-order valence-electron chi connectivity index (χ4n) is 8.56. The molecule has 0 unspecified atom stereocenters. The number of aliphatic hydroxyl groups is 1. The Hall–Kier alpha value is -3.53. The number of ketones is 3. The van der Waals surface area contributed by atoms with Gasteiger partial charge < -0.3 is 25.4 Å². The molecular weight excluding hydrogens is 554 g/mol. The number of carbonyl (C=O) groups excluding carboxylic acids is 5. The summed E-state index contributed by atoms with van der Waals surface area (Å²) in [4.78, 5) is 63.7. The average Bonchev–Trinajstić information content (AvgIpc) is 3.23. The number of carbonyl (C=O) groups is 5. The van der Waals surface area contributed by atoms with Crippen molar-refractivity contribution in [1.29, 1.82) is 0 Å². The van der Waals surface area contributed by atoms with E-state index in [4.69, 9.17) is 4.74 Å². The van der Waals surface area contributed by atoms with Crippen molar-refractivity contribution in [3.63, 3.8) is 0 Å². The first kappa shape index (κ1) is 30.9. The van der Waals surface area contributed by atoms with Gasteiger partial charge in [-0.25, -0.2) is 0 Å². The third-order valence-electron chi connectivity index (χ3n) is 11.0. The first-order chi connectivity index (χ1) is 20.3. The summed E-state index contributed by atoms with van der Waals surface area (Å²) in [6.07, 6.45) is 5.18. The minimum absolute atomic E-state index is 0.0178. The molecule has 1 aromatic rings. The Bertz CT molecular complexity index is 1380. The van der Waals surface area contributed by atoms with Crippen molar-refractivity contribution < 1.29 is 44.0 Å². The van der Waals surface area contributed by atoms with Crippen molar-refractivity contribution in [1.82, 2.24) is 5.32 Å². The lowest BCUT2D eigenvalue weighted by atomic mass is 9.46. The van der Waals surface area contributed by atoms with Crippen LogP contribution >= 0.6 is 0 Å². The van der Waals surface area contributed by atoms with Gasteiger partial charge in [-0.3, -0.25) is 24.0 Å². The van der Waals surface area contributed by atoms with Crippen LogP contribution in [0.3, 0.4) is 0 Å². The predicted molar refractivity (Wildman–Crippen MR) is 154 cm³/mol. The van der Waals surface area contributed by atoms with Crippen LogP contribution in [0.25, 0.3) is 0 Å². The zero-order chi connectivity index (χ0) is 31.2. The maximum absolute atomic E-state index is 13.7. The Morgan fingerprint density at radius 1 is 1.02 bits per heavy atom. The fourth-order valence-corrected chi connectivity index (χ4v) is 8.56. The van der Waals surface area contributed by atoms with Crippen molar-refractivity contribution >= 4 is 29.2 Å². The van der Waals surface area contributed by atoms with Gasteiger partial charge in [-0.1, -0.05) is 25.5 Å². The normalized spacial score (nSPS) is 33.1. The number of phenols is 2. The van der Waals surface area contributed by atoms with E-state index < -0.39 is 29.4 Å². The lowest BCUT2D eigenvalue weighted by Gasteiger charge is -2.57. The van der Waals surface area contributed by atoms with Crippen LogP contribution in [0.2, 0.25) is 0 Å². The molecule has 0 radical (unpaired) electrons. The number of rotatable bonds is 9. The molecule has 4 aliphatic carbocycles. The minimum Gasteiger partial charge on any atom is -0.504 e. The van der Waals surface area contributed by atoms with Crippen LogP contribution in [-0.4, -0.2) is 63.3 Å². The quantitative estimate of drug-likeness (QED) is 0.248. The highest BCUT2D eigenvalue weighted by molar-refractivity contribution is 5.95. The van der Waals surface area contributed by atoms with Crippen LogP contribution < -0.4 is 5.32 Å². The third-order valence-corrected chi connectivity index (χ3v) is 11.0. The summed E-state index contributed by atoms with van der Waals surface area (Å²) in [7, 11) is 0. The Balaban J connectivity index is 1.13. The smallest absolute Gasteiger partial charge is 0.306 e. The van der Waals surface area contributed by atoms with Crippen molar-refractivity contribution in [2.24, 2.45) is 28.6 Å². The van der Waals surface area contributed by atoms with Crippen molar-refractivity contribution in [2.75, 3.05) is 13.2 Å². The van der Waals surface area contributed by atoms with E-state index in [1.54, 1.807) is 12.1 Å². The fraction of sp³-hybridized carbons (Fsp3) is 0.606. The van der Waals surface area contributed by atoms with Crippen LogP contribution in [0.5, 0.6) is 11.5 Å². The summed E-state index contributed by atoms with van der Waals surface area (Å²) in [5.74, 6) is -2.31. The van der Waals surface area contributed by atoms with Gasteiger partial charge in [-0.15, -0.1) is 0 Å². The maximum atomic E-state index is 13.7. The Labute approximate surface area is 250 Å². The van der Waals surface area contributed by atoms with E-state index in [2.05, 4.69) is 12.2 Å². The maximum Gasteiger partial charge on any atom is 0.306 e. The van der Waals surface area contributed by atoms with Gasteiger partial charge in [0.1, 0.15) is 11.4 Å². The summed E-state index contributed by atoms with van der Waals surface area (Å²) < 4.78 is 5.18. The molecule has 5 rings (SSSR count). The van der Waals surface area contributed by atoms with Gasteiger partial charge in [-0.2, -0.15) is 0 Å². The Morgan fingerprint density at radius 2 is 1.79 bits per heavy atom. The van der Waals surface area contributed by atoms with Crippen LogP contribution in [-0.2, 0) is 35.1 Å². The molecule has 4 N–H and O–H groups in total. The van der Waals surface area contributed by atoms with Crippen LogP contribution in [0.15, 0.2) is 29.8 Å². The number of ether oxygens (including phenoxy) is 1. The van der Waals surface area contributed by atoms with Gasteiger partial charge in [0.15, 0.2) is 23.9 Å². The number of allylic oxidation sites excluding steroid dienone is 1. The molecule has 0 heterocycles. The van der Waals surface area contributed by atoms with Gasteiger partial charge in [0, 0.05) is 37.1 Å². The van der Waals surface area contributed by atoms with E-state index in [9.17, 15) is 39.3 Å². The minimum atomic E-state index is -1.79. The van der Waals surface area contributed by atoms with Crippen molar-refractivity contribution in [2.45, 2.75) is 83.7 Å². The molecule has 0 saturated heterocycles. The van der Waals surface area contributed by atoms with Crippen molar-refractivity contribution in [3.8, 4) is 11.5 Å². The summed E-state index contributed by atoms with van der Waals surface area (Å²) in [6.45, 7) is 3.55. The Morgan fingerprint density at radius 3 is 2.53 bits per heavy atom. The van der Waals surface area contributed by atoms with Gasteiger partial charge in [0.25, 0.3) is 0 Å². The van der Waals surface area contributed by atoms with E-state index in [1.165, 1.54) is 12.1 Å². The van der Waals surface area contributed by atoms with E-state index in [-0.39, 0.29) is 84.4 Å². The largest absolute Gasteiger partial charge is 0.504 e. The van der Waals surface area contributed by atoms with Crippen LogP contribution in [0.1, 0.15) is 77.2 Å². The van der Waals surface area contributed by atoms with E-state index in [1.807, 2.05) is 6.92 Å². The Kier molecular flexibility index (Phi) is 8.28. The summed E-state index contributed by atoms with van der Waals surface area (Å²) in [6, 6.07) is 4.39. The second kappa shape index (κ2) is 11.5. The molecule has 43 heavy (non-hydrogen) atoms. The first-order valence-corrected chi connectivity index (χ1v) is 15.2. The number of esters is 1. The summed E-state index contributed by atoms with van der Waals surface area (Å²) in [5.41, 5.74) is -1.35. The van der Waals surface area contributed by atoms with Crippen molar-refractivity contribution in [3.05, 3.63) is 35.4 Å². The molecule has 10 heteroatoms. The molecule has 0 aromatic heterocycles. The van der Waals surface area contributed by atoms with Gasteiger partial charge in [-0.05, 0) is 79.5 Å². The van der Waals surface area contributed by atoms with Gasteiger partial charge >= 0.3 is 5.97 Å². The van der Waals surface area contributed by atoms with Gasteiger partial charge in [0.05, 0.1) is 6.42 Å². The topological polar surface area (TPSA) is 167 Å². The molecule has 4 aliphatic rings. The molecule has 0 bridgehead atoms. The lowest BCUT2D eigenvalue weighted by Crippen LogP contribution is -2.61. The second-order valence-electron chi connectivity index (χ2n) is 13.3. The van der Waals surface area contributed by atoms with Crippen LogP contribution in [0, 0.1) is 28.6 Å². The zero-order valence-electron chi connectivity index (χ0n) is 24.8. The lowest BCUT2D eigenvalue weighted by molar-refractivity contribution is -0.173. The molecule has 1 aromatic carbocycles. The number of phenolic OH excluding ortho intramolecular Hbond substituents is 2. The number of benzene rings is 1. The number of nitrogens with one attached hydrogen (secondary N) is 1. The molecule has 0 spiro atoms. The molecular formula is C33H41NO9. The van der Waals surface area contributed by atoms with E-state index >= 15 is 0 Å². The number of hydrogen-bond acceptors (Lipinski definition) is 9. The molecule has 0 aliphatic heterocycles. The summed E-state index contributed by atoms with van der Waals surface area (Å²) >= 11 is 0. The van der Waals surface area contributed by atoms with Gasteiger partial charge in [0.2, 0.25) is 11.7 Å². The standard InChI is InChI=1S/C33H41NO9/c1-31-12-9-21(35)16-20(31)4-5-22-23-10-13-33(42,32(23,2)17-26(38)30(22)31)27(39)18-43-29(41)8-7-28(40)34-14-11-19-3-6-24(36)25(37)15-19/h3,6,15-16,22-23,30,36-37,42H,4-5,7-14,17-18H2,1-2H3,(H,34,40)/t22-,23+,30+,31-,32+,33-/m0/s1. The molecule has 1 amide bonds. The first-order valence-electron chi connectivity index (χ1n) is 15.2. The molecule has 10 nitrogen and oxygen atoms in total. The highest BCUT2D eigenvalue weighted by Gasteiger charge is 2.68. The number of amides is 1. The highest BCUT2D eigenvalue weighted by atomic mass is 16.5. The number of Topliss-reactive ketones (excluding diaryl/α,β-unsaturated/α-hetero) is 2. The predicted octanol–water partition coefficient (Wildman–Crippen LogP) is 3.09.